The van der Waals surface area contributed by atoms with Crippen molar-refractivity contribution in [3.63, 3.8) is 0 Å². The van der Waals surface area contributed by atoms with Gasteiger partial charge in [0.2, 0.25) is 5.91 Å². The number of carbonyl (C=O) groups excluding carboxylic acids is 2. The van der Waals surface area contributed by atoms with E-state index in [4.69, 9.17) is 10.5 Å². The number of rotatable bonds is 8. The van der Waals surface area contributed by atoms with Gasteiger partial charge >= 0.3 is 5.97 Å². The fraction of sp³-hybridized carbons (Fsp3) is 0.875. The van der Waals surface area contributed by atoms with Gasteiger partial charge in [-0.2, -0.15) is 0 Å². The monoisotopic (exact) mass is 298 g/mol. The Morgan fingerprint density at radius 2 is 1.76 bits per heavy atom. The third kappa shape index (κ3) is 6.46. The minimum Gasteiger partial charge on any atom is -0.461 e. The smallest absolute Gasteiger partial charge is 0.328 e. The molecule has 0 spiro atoms. The van der Waals surface area contributed by atoms with Gasteiger partial charge in [-0.15, -0.1) is 0 Å². The van der Waals surface area contributed by atoms with E-state index in [1.807, 2.05) is 13.8 Å². The Balaban J connectivity index is 2.50. The van der Waals surface area contributed by atoms with Crippen LogP contribution >= 0.6 is 0 Å². The zero-order valence-electron chi connectivity index (χ0n) is 13.4. The minimum absolute atomic E-state index is 0.0202. The lowest BCUT2D eigenvalue weighted by atomic mass is 9.97. The van der Waals surface area contributed by atoms with Crippen LogP contribution in [0, 0.1) is 0 Å². The summed E-state index contributed by atoms with van der Waals surface area (Å²) in [6, 6.07) is -1.11. The molecule has 5 nitrogen and oxygen atoms in total. The van der Waals surface area contributed by atoms with E-state index in [-0.39, 0.29) is 18.0 Å². The Labute approximate surface area is 128 Å². The van der Waals surface area contributed by atoms with Crippen LogP contribution in [0.15, 0.2) is 0 Å². The average molecular weight is 298 g/mol. The lowest BCUT2D eigenvalue weighted by Gasteiger charge is -2.25. The van der Waals surface area contributed by atoms with E-state index in [0.29, 0.717) is 12.8 Å². The van der Waals surface area contributed by atoms with Gasteiger partial charge in [-0.1, -0.05) is 33.1 Å². The second-order valence-corrected chi connectivity index (χ2v) is 5.94. The molecule has 3 N–H and O–H groups in total. The molecule has 1 saturated carbocycles. The summed E-state index contributed by atoms with van der Waals surface area (Å²) in [5.41, 5.74) is 5.79. The highest BCUT2D eigenvalue weighted by molar-refractivity contribution is 5.87. The molecule has 1 aliphatic carbocycles. The van der Waals surface area contributed by atoms with E-state index >= 15 is 0 Å². The molecule has 1 rings (SSSR count). The summed E-state index contributed by atoms with van der Waals surface area (Å²) >= 11 is 0. The molecule has 0 bridgehead atoms. The van der Waals surface area contributed by atoms with Crippen LogP contribution in [-0.4, -0.2) is 30.1 Å². The van der Waals surface area contributed by atoms with Crippen molar-refractivity contribution in [3.8, 4) is 0 Å². The summed E-state index contributed by atoms with van der Waals surface area (Å²) in [5.74, 6) is -0.559. The summed E-state index contributed by atoms with van der Waals surface area (Å²) in [6.45, 7) is 3.97. The quantitative estimate of drug-likeness (QED) is 0.674. The zero-order valence-corrected chi connectivity index (χ0v) is 13.4. The van der Waals surface area contributed by atoms with Crippen LogP contribution in [-0.2, 0) is 14.3 Å². The van der Waals surface area contributed by atoms with Crippen molar-refractivity contribution in [3.05, 3.63) is 0 Å². The first-order chi connectivity index (χ1) is 10.1. The molecule has 122 valence electrons. The maximum atomic E-state index is 12.2. The number of nitrogens with two attached hydrogens (primary N) is 1. The first-order valence-corrected chi connectivity index (χ1v) is 8.34. The van der Waals surface area contributed by atoms with Crippen molar-refractivity contribution in [2.24, 2.45) is 5.73 Å². The van der Waals surface area contributed by atoms with E-state index in [1.165, 1.54) is 6.42 Å². The molecule has 0 saturated heterocycles. The lowest BCUT2D eigenvalue weighted by Crippen LogP contribution is -2.49. The predicted octanol–water partition coefficient (Wildman–Crippen LogP) is 2.27. The Morgan fingerprint density at radius 1 is 1.14 bits per heavy atom. The average Bonchev–Trinajstić information content (AvgIpc) is 2.48. The molecule has 0 aromatic rings. The van der Waals surface area contributed by atoms with Gasteiger partial charge in [0.25, 0.3) is 0 Å². The van der Waals surface area contributed by atoms with Crippen molar-refractivity contribution in [1.29, 1.82) is 0 Å². The number of hydrogen-bond acceptors (Lipinski definition) is 4. The Hall–Kier alpha value is -1.10. The van der Waals surface area contributed by atoms with E-state index in [9.17, 15) is 9.59 Å². The predicted molar refractivity (Wildman–Crippen MR) is 82.7 cm³/mol. The summed E-state index contributed by atoms with van der Waals surface area (Å²) in [6.07, 6.45) is 8.23. The van der Waals surface area contributed by atoms with Gasteiger partial charge < -0.3 is 15.8 Å². The van der Waals surface area contributed by atoms with Crippen molar-refractivity contribution in [2.75, 3.05) is 0 Å². The second-order valence-electron chi connectivity index (χ2n) is 5.94. The number of esters is 1. The van der Waals surface area contributed by atoms with Crippen LogP contribution in [0.2, 0.25) is 0 Å². The fourth-order valence-electron chi connectivity index (χ4n) is 2.69. The molecule has 1 aliphatic rings. The summed E-state index contributed by atoms with van der Waals surface area (Å²) in [4.78, 5) is 24.2. The van der Waals surface area contributed by atoms with Crippen molar-refractivity contribution < 1.29 is 14.3 Å². The number of nitrogens with one attached hydrogen (secondary N) is 1. The Bertz CT molecular complexity index is 327. The van der Waals surface area contributed by atoms with E-state index in [1.54, 1.807) is 0 Å². The molecule has 0 radical (unpaired) electrons. The highest BCUT2D eigenvalue weighted by Crippen LogP contribution is 2.21. The molecule has 1 amide bonds. The van der Waals surface area contributed by atoms with Gasteiger partial charge in [0.1, 0.15) is 12.1 Å². The Morgan fingerprint density at radius 3 is 2.33 bits per heavy atom. The van der Waals surface area contributed by atoms with E-state index in [0.717, 1.165) is 38.5 Å². The molecule has 5 heteroatoms. The normalized spacial score (nSPS) is 18.8. The number of carbonyl (C=O) groups is 2. The van der Waals surface area contributed by atoms with Crippen molar-refractivity contribution >= 4 is 11.9 Å². The molecule has 0 aliphatic heterocycles. The largest absolute Gasteiger partial charge is 0.461 e. The molecular weight excluding hydrogens is 268 g/mol. The molecule has 1 fully saturated rings. The number of ether oxygens (including phenoxy) is 1. The van der Waals surface area contributed by atoms with Crippen LogP contribution in [0.4, 0.5) is 0 Å². The maximum Gasteiger partial charge on any atom is 0.328 e. The van der Waals surface area contributed by atoms with Crippen LogP contribution < -0.4 is 11.1 Å². The first-order valence-electron chi connectivity index (χ1n) is 8.34. The molecule has 21 heavy (non-hydrogen) atoms. The van der Waals surface area contributed by atoms with Crippen LogP contribution in [0.5, 0.6) is 0 Å². The molecule has 2 atom stereocenters. The fourth-order valence-corrected chi connectivity index (χ4v) is 2.69. The highest BCUT2D eigenvalue weighted by atomic mass is 16.5. The van der Waals surface area contributed by atoms with Crippen molar-refractivity contribution in [1.82, 2.24) is 5.32 Å². The topological polar surface area (TPSA) is 81.4 Å². The van der Waals surface area contributed by atoms with Crippen molar-refractivity contribution in [2.45, 2.75) is 89.8 Å². The van der Waals surface area contributed by atoms with Gasteiger partial charge in [-0.25, -0.2) is 4.79 Å². The molecule has 0 aromatic carbocycles. The van der Waals surface area contributed by atoms with Gasteiger partial charge in [0.05, 0.1) is 6.04 Å². The third-order valence-corrected chi connectivity index (χ3v) is 3.95. The van der Waals surface area contributed by atoms with Gasteiger partial charge in [0.15, 0.2) is 0 Å². The molecule has 0 aromatic heterocycles. The van der Waals surface area contributed by atoms with Crippen LogP contribution in [0.25, 0.3) is 0 Å². The maximum absolute atomic E-state index is 12.2. The molecule has 0 heterocycles. The van der Waals surface area contributed by atoms with E-state index < -0.39 is 12.1 Å². The first kappa shape index (κ1) is 18.0. The number of amides is 1. The van der Waals surface area contributed by atoms with E-state index in [2.05, 4.69) is 5.32 Å². The van der Waals surface area contributed by atoms with Gasteiger partial charge in [-0.3, -0.25) is 4.79 Å². The second kappa shape index (κ2) is 9.77. The third-order valence-electron chi connectivity index (χ3n) is 3.95. The zero-order chi connectivity index (χ0) is 15.7. The van der Waals surface area contributed by atoms with Gasteiger partial charge in [-0.05, 0) is 38.5 Å². The molecule has 0 unspecified atom stereocenters. The van der Waals surface area contributed by atoms with Crippen LogP contribution in [0.1, 0.15) is 71.6 Å². The minimum atomic E-state index is -0.563. The number of hydrogen-bond donors (Lipinski definition) is 2. The highest BCUT2D eigenvalue weighted by Gasteiger charge is 2.26. The molecular formula is C16H30N2O3. The summed E-state index contributed by atoms with van der Waals surface area (Å²) < 4.78 is 5.55. The summed E-state index contributed by atoms with van der Waals surface area (Å²) in [7, 11) is 0. The standard InChI is InChI=1S/C16H30N2O3/c1-3-8-13(17)15(19)18-14(9-4-2)16(20)21-12-10-6-5-7-11-12/h12-14H,3-11,17H2,1-2H3,(H,18,19)/t13-,14-/m0/s1. The lowest BCUT2D eigenvalue weighted by molar-refractivity contribution is -0.154. The Kier molecular flexibility index (Phi) is 8.35. The van der Waals surface area contributed by atoms with Gasteiger partial charge in [0, 0.05) is 0 Å². The summed E-state index contributed by atoms with van der Waals surface area (Å²) in [5, 5.41) is 2.75. The van der Waals surface area contributed by atoms with Crippen LogP contribution in [0.3, 0.4) is 0 Å². The SMILES string of the molecule is CCC[C@H](NC(=O)[C@@H](N)CCC)C(=O)OC1CCCCC1.